The Morgan fingerprint density at radius 1 is 1.11 bits per heavy atom. The normalized spacial score (nSPS) is 19.4. The number of carbonyl (C=O) groups excluding carboxylic acids is 2. The van der Waals surface area contributed by atoms with Gasteiger partial charge in [0, 0.05) is 23.5 Å². The summed E-state index contributed by atoms with van der Waals surface area (Å²) in [5.41, 5.74) is 2.62. The molecule has 1 fully saturated rings. The van der Waals surface area contributed by atoms with E-state index in [0.29, 0.717) is 10.7 Å². The van der Waals surface area contributed by atoms with E-state index in [1.54, 1.807) is 0 Å². The third-order valence-corrected chi connectivity index (χ3v) is 6.51. The van der Waals surface area contributed by atoms with Crippen molar-refractivity contribution >= 4 is 28.3 Å². The van der Waals surface area contributed by atoms with Gasteiger partial charge in [-0.1, -0.05) is 30.5 Å². The quantitative estimate of drug-likeness (QED) is 0.867. The van der Waals surface area contributed by atoms with Crippen LogP contribution in [0.2, 0.25) is 0 Å². The average molecular weight is 384 g/mol. The second-order valence-corrected chi connectivity index (χ2v) is 8.56. The molecule has 1 aromatic heterocycles. The fourth-order valence-corrected chi connectivity index (χ4v) is 4.94. The van der Waals surface area contributed by atoms with Crippen LogP contribution in [0.15, 0.2) is 24.3 Å². The molecule has 0 spiro atoms. The Labute approximate surface area is 163 Å². The third-order valence-electron chi connectivity index (χ3n) is 5.47. The highest BCUT2D eigenvalue weighted by Gasteiger charge is 2.35. The van der Waals surface area contributed by atoms with E-state index in [1.165, 1.54) is 24.2 Å². The van der Waals surface area contributed by atoms with Crippen LogP contribution in [0.25, 0.3) is 0 Å². The molecule has 0 radical (unpaired) electrons. The highest BCUT2D eigenvalue weighted by atomic mass is 32.1. The van der Waals surface area contributed by atoms with Gasteiger partial charge in [-0.15, -0.1) is 11.3 Å². The molecule has 2 amide bonds. The summed E-state index contributed by atoms with van der Waals surface area (Å²) < 4.78 is 0. The Hall–Kier alpha value is -2.21. The van der Waals surface area contributed by atoms with E-state index >= 15 is 0 Å². The predicted molar refractivity (Wildman–Crippen MR) is 107 cm³/mol. The zero-order valence-corrected chi connectivity index (χ0v) is 16.5. The van der Waals surface area contributed by atoms with Gasteiger partial charge in [0.25, 0.3) is 5.91 Å². The molecule has 1 atom stereocenters. The number of aromatic nitrogens is 1. The average Bonchev–Trinajstić information content (AvgIpc) is 3.10. The molecule has 2 heterocycles. The summed E-state index contributed by atoms with van der Waals surface area (Å²) >= 11 is 1.51. The van der Waals surface area contributed by atoms with Gasteiger partial charge in [-0.2, -0.15) is 0 Å². The molecule has 1 aliphatic carbocycles. The van der Waals surface area contributed by atoms with Crippen LogP contribution in [0.1, 0.15) is 64.5 Å². The second-order valence-electron chi connectivity index (χ2n) is 7.48. The van der Waals surface area contributed by atoms with Crippen molar-refractivity contribution in [2.24, 2.45) is 0 Å². The molecule has 1 aromatic carbocycles. The SMILES string of the molecule is Cc1ccc(C(=O)Nc2nc3c(s2)CCC3C(=O)N2CCCCCC2)cc1. The van der Waals surface area contributed by atoms with Gasteiger partial charge in [0.2, 0.25) is 5.91 Å². The lowest BCUT2D eigenvalue weighted by Crippen LogP contribution is -2.35. The van der Waals surface area contributed by atoms with Crippen molar-refractivity contribution in [1.29, 1.82) is 0 Å². The molecule has 6 heteroatoms. The van der Waals surface area contributed by atoms with Crippen molar-refractivity contribution in [3.8, 4) is 0 Å². The van der Waals surface area contributed by atoms with Crippen molar-refractivity contribution < 1.29 is 9.59 Å². The van der Waals surface area contributed by atoms with Gasteiger partial charge >= 0.3 is 0 Å². The summed E-state index contributed by atoms with van der Waals surface area (Å²) in [5, 5.41) is 3.50. The Bertz CT molecular complexity index is 836. The van der Waals surface area contributed by atoms with Crippen molar-refractivity contribution in [2.75, 3.05) is 18.4 Å². The molecule has 1 saturated heterocycles. The summed E-state index contributed by atoms with van der Waals surface area (Å²) in [5.74, 6) is -0.0745. The van der Waals surface area contributed by atoms with Crippen LogP contribution in [0.3, 0.4) is 0 Å². The van der Waals surface area contributed by atoms with E-state index in [1.807, 2.05) is 36.1 Å². The lowest BCUT2D eigenvalue weighted by Gasteiger charge is -2.23. The third kappa shape index (κ3) is 3.90. The maximum atomic E-state index is 13.0. The lowest BCUT2D eigenvalue weighted by molar-refractivity contribution is -0.132. The molecular formula is C21H25N3O2S. The van der Waals surface area contributed by atoms with Crippen LogP contribution in [-0.2, 0) is 11.2 Å². The van der Waals surface area contributed by atoms with Crippen molar-refractivity contribution in [3.05, 3.63) is 46.0 Å². The molecule has 1 unspecified atom stereocenters. The number of anilines is 1. The summed E-state index contributed by atoms with van der Waals surface area (Å²) in [7, 11) is 0. The Kier molecular flexibility index (Phi) is 5.25. The summed E-state index contributed by atoms with van der Waals surface area (Å²) in [6.45, 7) is 3.73. The first-order valence-electron chi connectivity index (χ1n) is 9.78. The van der Waals surface area contributed by atoms with Gasteiger partial charge in [-0.25, -0.2) is 4.98 Å². The molecule has 142 valence electrons. The van der Waals surface area contributed by atoms with E-state index in [-0.39, 0.29) is 17.7 Å². The standard InChI is InChI=1S/C21H25N3O2S/c1-14-6-8-15(9-7-14)19(25)23-21-22-18-16(10-11-17(18)27-21)20(26)24-12-4-2-3-5-13-24/h6-9,16H,2-5,10-13H2,1H3,(H,22,23,25). The van der Waals surface area contributed by atoms with E-state index < -0.39 is 0 Å². The maximum absolute atomic E-state index is 13.0. The minimum absolute atomic E-state index is 0.139. The predicted octanol–water partition coefficient (Wildman–Crippen LogP) is 4.14. The molecule has 5 nitrogen and oxygen atoms in total. The highest BCUT2D eigenvalue weighted by molar-refractivity contribution is 7.16. The number of benzene rings is 1. The van der Waals surface area contributed by atoms with Crippen molar-refractivity contribution in [3.63, 3.8) is 0 Å². The van der Waals surface area contributed by atoms with Gasteiger partial charge in [0.1, 0.15) is 0 Å². The minimum atomic E-state index is -0.155. The van der Waals surface area contributed by atoms with Gasteiger partial charge in [-0.3, -0.25) is 14.9 Å². The van der Waals surface area contributed by atoms with Crippen LogP contribution >= 0.6 is 11.3 Å². The van der Waals surface area contributed by atoms with Crippen LogP contribution < -0.4 is 5.32 Å². The number of nitrogens with one attached hydrogen (secondary N) is 1. The monoisotopic (exact) mass is 383 g/mol. The number of carbonyl (C=O) groups is 2. The van der Waals surface area contributed by atoms with Crippen LogP contribution in [-0.4, -0.2) is 34.8 Å². The molecule has 1 aliphatic heterocycles. The number of hydrogen-bond acceptors (Lipinski definition) is 4. The topological polar surface area (TPSA) is 62.3 Å². The first-order valence-corrected chi connectivity index (χ1v) is 10.6. The number of nitrogens with zero attached hydrogens (tertiary/aromatic N) is 2. The molecular weight excluding hydrogens is 358 g/mol. The van der Waals surface area contributed by atoms with Gasteiger partial charge in [0.05, 0.1) is 11.6 Å². The number of hydrogen-bond donors (Lipinski definition) is 1. The fraction of sp³-hybridized carbons (Fsp3) is 0.476. The number of amides is 2. The van der Waals surface area contributed by atoms with E-state index in [4.69, 9.17) is 0 Å². The van der Waals surface area contributed by atoms with Gasteiger partial charge < -0.3 is 4.90 Å². The Balaban J connectivity index is 1.46. The highest BCUT2D eigenvalue weighted by Crippen LogP contribution is 2.39. The Morgan fingerprint density at radius 2 is 1.81 bits per heavy atom. The Morgan fingerprint density at radius 3 is 2.52 bits per heavy atom. The number of thiazole rings is 1. The molecule has 0 bridgehead atoms. The first kappa shape index (κ1) is 18.2. The van der Waals surface area contributed by atoms with Crippen molar-refractivity contribution in [1.82, 2.24) is 9.88 Å². The summed E-state index contributed by atoms with van der Waals surface area (Å²) in [6, 6.07) is 7.48. The number of rotatable bonds is 3. The minimum Gasteiger partial charge on any atom is -0.342 e. The summed E-state index contributed by atoms with van der Waals surface area (Å²) in [6.07, 6.45) is 6.34. The van der Waals surface area contributed by atoms with Crippen LogP contribution in [0.4, 0.5) is 5.13 Å². The largest absolute Gasteiger partial charge is 0.342 e. The van der Waals surface area contributed by atoms with E-state index in [0.717, 1.165) is 54.9 Å². The van der Waals surface area contributed by atoms with Crippen LogP contribution in [0, 0.1) is 6.92 Å². The summed E-state index contributed by atoms with van der Waals surface area (Å²) in [4.78, 5) is 33.2. The molecule has 4 rings (SSSR count). The number of aryl methyl sites for hydroxylation is 2. The zero-order valence-electron chi connectivity index (χ0n) is 15.7. The molecule has 2 aromatic rings. The van der Waals surface area contributed by atoms with Crippen molar-refractivity contribution in [2.45, 2.75) is 51.4 Å². The van der Waals surface area contributed by atoms with Gasteiger partial charge in [-0.05, 0) is 44.7 Å². The lowest BCUT2D eigenvalue weighted by atomic mass is 10.1. The first-order chi connectivity index (χ1) is 13.1. The zero-order chi connectivity index (χ0) is 18.8. The van der Waals surface area contributed by atoms with Gasteiger partial charge in [0.15, 0.2) is 5.13 Å². The number of fused-ring (bicyclic) bond motifs is 1. The fourth-order valence-electron chi connectivity index (χ4n) is 3.91. The van der Waals surface area contributed by atoms with E-state index in [2.05, 4.69) is 10.3 Å². The second kappa shape index (κ2) is 7.80. The molecule has 2 aliphatic rings. The molecule has 0 saturated carbocycles. The smallest absolute Gasteiger partial charge is 0.257 e. The number of likely N-dealkylation sites (tertiary alicyclic amines) is 1. The van der Waals surface area contributed by atoms with Crippen LogP contribution in [0.5, 0.6) is 0 Å². The molecule has 27 heavy (non-hydrogen) atoms. The maximum Gasteiger partial charge on any atom is 0.257 e. The van der Waals surface area contributed by atoms with E-state index in [9.17, 15) is 9.59 Å². The molecule has 1 N–H and O–H groups in total.